The quantitative estimate of drug-likeness (QED) is 0.833. The fourth-order valence-corrected chi connectivity index (χ4v) is 3.01. The number of hydrogen-bond donors (Lipinski definition) is 1. The predicted octanol–water partition coefficient (Wildman–Crippen LogP) is 2.88. The van der Waals surface area contributed by atoms with Crippen LogP contribution in [-0.2, 0) is 16.0 Å². The van der Waals surface area contributed by atoms with Crippen LogP contribution in [0.2, 0.25) is 0 Å². The zero-order valence-electron chi connectivity index (χ0n) is 14.2. The maximum absolute atomic E-state index is 13.2. The van der Waals surface area contributed by atoms with Gasteiger partial charge in [0.05, 0.1) is 12.1 Å². The number of halogens is 1. The molecule has 1 aromatic carbocycles. The summed E-state index contributed by atoms with van der Waals surface area (Å²) in [6.07, 6.45) is 3.31. The molecule has 1 aliphatic heterocycles. The minimum absolute atomic E-state index is 0.0685. The predicted molar refractivity (Wildman–Crippen MR) is 88.2 cm³/mol. The number of benzene rings is 1. The molecule has 1 saturated heterocycles. The van der Waals surface area contributed by atoms with Gasteiger partial charge in [-0.25, -0.2) is 4.39 Å². The second kappa shape index (κ2) is 8.20. The lowest BCUT2D eigenvalue weighted by atomic mass is 9.99. The maximum atomic E-state index is 13.2. The lowest BCUT2D eigenvalue weighted by molar-refractivity contribution is -0.122. The summed E-state index contributed by atoms with van der Waals surface area (Å²) < 4.78 is 24.0. The van der Waals surface area contributed by atoms with Crippen LogP contribution in [0.3, 0.4) is 0 Å². The van der Waals surface area contributed by atoms with Gasteiger partial charge in [-0.05, 0) is 43.9 Å². The standard InChI is InChI=1S/C18H22FN3O3/c1-12-20-17(25-22-12)6-2-5-16(23)21-18(15-4-3-11-24-15)13-7-9-14(19)10-8-13/h7-10,15,18H,2-6,11H2,1H3,(H,21,23)/t15-,18+/m0/s1. The van der Waals surface area contributed by atoms with Crippen molar-refractivity contribution in [3.63, 3.8) is 0 Å². The summed E-state index contributed by atoms with van der Waals surface area (Å²) in [5.74, 6) is 0.769. The molecule has 7 heteroatoms. The fourth-order valence-electron chi connectivity index (χ4n) is 3.01. The zero-order chi connectivity index (χ0) is 17.6. The molecule has 2 atom stereocenters. The van der Waals surface area contributed by atoms with Gasteiger partial charge >= 0.3 is 0 Å². The molecule has 134 valence electrons. The Labute approximate surface area is 145 Å². The monoisotopic (exact) mass is 347 g/mol. The first-order valence-corrected chi connectivity index (χ1v) is 8.57. The van der Waals surface area contributed by atoms with Gasteiger partial charge in [-0.2, -0.15) is 4.98 Å². The highest BCUT2D eigenvalue weighted by atomic mass is 19.1. The summed E-state index contributed by atoms with van der Waals surface area (Å²) >= 11 is 0. The minimum Gasteiger partial charge on any atom is -0.376 e. The first-order valence-electron chi connectivity index (χ1n) is 8.57. The Morgan fingerprint density at radius 2 is 2.20 bits per heavy atom. The molecule has 1 N–H and O–H groups in total. The lowest BCUT2D eigenvalue weighted by Gasteiger charge is -2.24. The normalized spacial score (nSPS) is 18.2. The molecule has 0 aliphatic carbocycles. The molecule has 1 aromatic heterocycles. The Balaban J connectivity index is 1.57. The van der Waals surface area contributed by atoms with E-state index in [0.29, 0.717) is 37.6 Å². The number of hydrogen-bond acceptors (Lipinski definition) is 5. The molecule has 2 aromatic rings. The molecule has 0 radical (unpaired) electrons. The summed E-state index contributed by atoms with van der Waals surface area (Å²) in [6.45, 7) is 2.45. The van der Waals surface area contributed by atoms with Crippen LogP contribution in [0.25, 0.3) is 0 Å². The number of carbonyl (C=O) groups is 1. The fraction of sp³-hybridized carbons (Fsp3) is 0.500. The minimum atomic E-state index is -0.295. The number of rotatable bonds is 7. The largest absolute Gasteiger partial charge is 0.376 e. The third kappa shape index (κ3) is 4.85. The summed E-state index contributed by atoms with van der Waals surface area (Å²) in [4.78, 5) is 16.5. The number of aromatic nitrogens is 2. The third-order valence-electron chi connectivity index (χ3n) is 4.25. The van der Waals surface area contributed by atoms with Gasteiger partial charge in [0.25, 0.3) is 0 Å². The molecule has 1 amide bonds. The smallest absolute Gasteiger partial charge is 0.226 e. The van der Waals surface area contributed by atoms with Crippen molar-refractivity contribution in [1.82, 2.24) is 15.5 Å². The van der Waals surface area contributed by atoms with Crippen LogP contribution in [0.15, 0.2) is 28.8 Å². The van der Waals surface area contributed by atoms with Gasteiger partial charge in [0.2, 0.25) is 11.8 Å². The highest BCUT2D eigenvalue weighted by Gasteiger charge is 2.28. The van der Waals surface area contributed by atoms with Crippen molar-refractivity contribution in [2.24, 2.45) is 0 Å². The van der Waals surface area contributed by atoms with Gasteiger partial charge in [-0.15, -0.1) is 0 Å². The Bertz CT molecular complexity index is 696. The molecular formula is C18H22FN3O3. The van der Waals surface area contributed by atoms with Gasteiger partial charge in [0, 0.05) is 19.4 Å². The summed E-state index contributed by atoms with van der Waals surface area (Å²) in [5.41, 5.74) is 0.856. The van der Waals surface area contributed by atoms with Gasteiger partial charge in [0.15, 0.2) is 5.82 Å². The number of carbonyl (C=O) groups excluding carboxylic acids is 1. The van der Waals surface area contributed by atoms with Crippen molar-refractivity contribution in [3.8, 4) is 0 Å². The molecule has 0 unspecified atom stereocenters. The highest BCUT2D eigenvalue weighted by Crippen LogP contribution is 2.27. The Kier molecular flexibility index (Phi) is 5.75. The van der Waals surface area contributed by atoms with Crippen LogP contribution in [0.4, 0.5) is 4.39 Å². The van der Waals surface area contributed by atoms with E-state index >= 15 is 0 Å². The summed E-state index contributed by atoms with van der Waals surface area (Å²) in [5, 5.41) is 6.76. The molecule has 1 fully saturated rings. The molecule has 3 rings (SSSR count). The second-order valence-electron chi connectivity index (χ2n) is 6.24. The second-order valence-corrected chi connectivity index (χ2v) is 6.24. The van der Waals surface area contributed by atoms with E-state index in [0.717, 1.165) is 18.4 Å². The van der Waals surface area contributed by atoms with Gasteiger partial charge < -0.3 is 14.6 Å². The van der Waals surface area contributed by atoms with E-state index in [1.807, 2.05) is 0 Å². The highest BCUT2D eigenvalue weighted by molar-refractivity contribution is 5.76. The molecule has 0 bridgehead atoms. The van der Waals surface area contributed by atoms with Crippen molar-refractivity contribution < 1.29 is 18.4 Å². The molecule has 2 heterocycles. The average molecular weight is 347 g/mol. The molecule has 0 saturated carbocycles. The SMILES string of the molecule is Cc1noc(CCCC(=O)N[C@H](c2ccc(F)cc2)[C@@H]2CCCO2)n1. The molecule has 6 nitrogen and oxygen atoms in total. The lowest BCUT2D eigenvalue weighted by Crippen LogP contribution is -2.36. The van der Waals surface area contributed by atoms with E-state index in [9.17, 15) is 9.18 Å². The summed E-state index contributed by atoms with van der Waals surface area (Å²) in [6, 6.07) is 5.94. The number of nitrogens with one attached hydrogen (secondary N) is 1. The van der Waals surface area contributed by atoms with Gasteiger partial charge in [-0.1, -0.05) is 17.3 Å². The number of amides is 1. The first-order chi connectivity index (χ1) is 12.1. The molecule has 25 heavy (non-hydrogen) atoms. The van der Waals surface area contributed by atoms with Gasteiger partial charge in [-0.3, -0.25) is 4.79 Å². The van der Waals surface area contributed by atoms with Crippen molar-refractivity contribution in [2.45, 2.75) is 51.2 Å². The van der Waals surface area contributed by atoms with Crippen molar-refractivity contribution in [3.05, 3.63) is 47.4 Å². The van der Waals surface area contributed by atoms with E-state index in [2.05, 4.69) is 15.5 Å². The third-order valence-corrected chi connectivity index (χ3v) is 4.25. The number of aryl methyl sites for hydroxylation is 2. The van der Waals surface area contributed by atoms with Crippen LogP contribution in [0, 0.1) is 12.7 Å². The van der Waals surface area contributed by atoms with E-state index in [-0.39, 0.29) is 23.9 Å². The van der Waals surface area contributed by atoms with Crippen LogP contribution in [0.5, 0.6) is 0 Å². The average Bonchev–Trinajstić information content (AvgIpc) is 3.25. The molecule has 0 spiro atoms. The topological polar surface area (TPSA) is 77.2 Å². The maximum Gasteiger partial charge on any atom is 0.226 e. The van der Waals surface area contributed by atoms with Crippen molar-refractivity contribution >= 4 is 5.91 Å². The van der Waals surface area contributed by atoms with Crippen LogP contribution >= 0.6 is 0 Å². The number of ether oxygens (including phenoxy) is 1. The first kappa shape index (κ1) is 17.5. The Morgan fingerprint density at radius 3 is 2.84 bits per heavy atom. The number of nitrogens with zero attached hydrogens (tertiary/aromatic N) is 2. The van der Waals surface area contributed by atoms with E-state index in [4.69, 9.17) is 9.26 Å². The van der Waals surface area contributed by atoms with E-state index in [1.54, 1.807) is 19.1 Å². The Morgan fingerprint density at radius 1 is 1.40 bits per heavy atom. The molecular weight excluding hydrogens is 325 g/mol. The van der Waals surface area contributed by atoms with Crippen molar-refractivity contribution in [2.75, 3.05) is 6.61 Å². The van der Waals surface area contributed by atoms with E-state index < -0.39 is 0 Å². The Hall–Kier alpha value is -2.28. The molecule has 1 aliphatic rings. The van der Waals surface area contributed by atoms with E-state index in [1.165, 1.54) is 12.1 Å². The zero-order valence-corrected chi connectivity index (χ0v) is 14.2. The van der Waals surface area contributed by atoms with Crippen LogP contribution in [-0.4, -0.2) is 28.8 Å². The van der Waals surface area contributed by atoms with Crippen LogP contribution in [0.1, 0.15) is 49.0 Å². The summed E-state index contributed by atoms with van der Waals surface area (Å²) in [7, 11) is 0. The van der Waals surface area contributed by atoms with Gasteiger partial charge in [0.1, 0.15) is 5.82 Å². The van der Waals surface area contributed by atoms with Crippen LogP contribution < -0.4 is 5.32 Å². The van der Waals surface area contributed by atoms with Crippen molar-refractivity contribution in [1.29, 1.82) is 0 Å².